The van der Waals surface area contributed by atoms with Crippen LogP contribution in [-0.2, 0) is 16.7 Å². The molecule has 0 aromatic heterocycles. The fourth-order valence-electron chi connectivity index (χ4n) is 3.68. The van der Waals surface area contributed by atoms with Crippen molar-refractivity contribution in [1.29, 1.82) is 0 Å². The predicted molar refractivity (Wildman–Crippen MR) is 136 cm³/mol. The fourth-order valence-corrected chi connectivity index (χ4v) is 4.61. The van der Waals surface area contributed by atoms with Crippen molar-refractivity contribution in [2.45, 2.75) is 25.3 Å². The molecule has 3 aromatic carbocycles. The van der Waals surface area contributed by atoms with Crippen LogP contribution in [0.25, 0.3) is 0 Å². The first kappa shape index (κ1) is 27.8. The Labute approximate surface area is 216 Å². The summed E-state index contributed by atoms with van der Waals surface area (Å²) < 4.78 is 60.1. The van der Waals surface area contributed by atoms with E-state index in [9.17, 15) is 17.6 Å². The van der Waals surface area contributed by atoms with Gasteiger partial charge in [-0.1, -0.05) is 19.9 Å². The lowest BCUT2D eigenvalue weighted by Gasteiger charge is -2.26. The van der Waals surface area contributed by atoms with Gasteiger partial charge in [0.05, 0.1) is 26.9 Å². The summed E-state index contributed by atoms with van der Waals surface area (Å²) in [5.74, 6) is 0.398. The van der Waals surface area contributed by atoms with Gasteiger partial charge in [-0.25, -0.2) is 4.39 Å². The Morgan fingerprint density at radius 1 is 0.865 bits per heavy atom. The second-order valence-corrected chi connectivity index (χ2v) is 10.2. The van der Waals surface area contributed by atoms with Gasteiger partial charge < -0.3 is 23.3 Å². The molecule has 0 spiro atoms. The van der Waals surface area contributed by atoms with Gasteiger partial charge in [-0.2, -0.15) is 8.42 Å². The van der Waals surface area contributed by atoms with E-state index in [1.165, 1.54) is 27.4 Å². The van der Waals surface area contributed by atoms with Crippen LogP contribution in [0, 0.1) is 11.7 Å². The summed E-state index contributed by atoms with van der Waals surface area (Å²) >= 11 is 0. The predicted octanol–water partition coefficient (Wildman–Crippen LogP) is 4.92. The molecule has 0 aliphatic rings. The molecule has 1 amide bonds. The van der Waals surface area contributed by atoms with E-state index >= 15 is 0 Å². The zero-order valence-corrected chi connectivity index (χ0v) is 22.2. The zero-order valence-electron chi connectivity index (χ0n) is 21.4. The van der Waals surface area contributed by atoms with E-state index < -0.39 is 15.9 Å². The smallest absolute Gasteiger partial charge is 0.339 e. The van der Waals surface area contributed by atoms with Crippen LogP contribution in [-0.4, -0.2) is 47.1 Å². The number of ether oxygens (including phenoxy) is 3. The van der Waals surface area contributed by atoms with Crippen LogP contribution in [0.3, 0.4) is 0 Å². The summed E-state index contributed by atoms with van der Waals surface area (Å²) in [5, 5.41) is 0. The maximum absolute atomic E-state index is 13.5. The largest absolute Gasteiger partial charge is 0.497 e. The first-order chi connectivity index (χ1) is 17.6. The van der Waals surface area contributed by atoms with Crippen molar-refractivity contribution in [2.75, 3.05) is 27.9 Å². The van der Waals surface area contributed by atoms with E-state index in [2.05, 4.69) is 0 Å². The Morgan fingerprint density at radius 3 is 2.14 bits per heavy atom. The summed E-state index contributed by atoms with van der Waals surface area (Å²) in [6, 6.07) is 14.1. The molecule has 3 aromatic rings. The van der Waals surface area contributed by atoms with Crippen molar-refractivity contribution >= 4 is 16.0 Å². The van der Waals surface area contributed by atoms with Crippen LogP contribution >= 0.6 is 0 Å². The maximum atomic E-state index is 13.5. The van der Waals surface area contributed by atoms with Gasteiger partial charge in [0.25, 0.3) is 5.91 Å². The SMILES string of the molecule is COc1ccc(C(=O)N(Cc2ccc(OC)c(OS(=O)(=O)c3ccc(F)cc3)c2)CC(C)C)c(OC)c1. The van der Waals surface area contributed by atoms with E-state index in [-0.39, 0.29) is 34.8 Å². The number of carbonyl (C=O) groups excluding carboxylic acids is 1. The molecule has 3 rings (SSSR count). The Bertz CT molecular complexity index is 1340. The lowest BCUT2D eigenvalue weighted by molar-refractivity contribution is 0.0719. The first-order valence-electron chi connectivity index (χ1n) is 11.5. The summed E-state index contributed by atoms with van der Waals surface area (Å²) in [7, 11) is 0.136. The average Bonchev–Trinajstić information content (AvgIpc) is 2.87. The molecule has 0 fully saturated rings. The van der Waals surface area contributed by atoms with E-state index in [0.29, 0.717) is 29.2 Å². The third-order valence-corrected chi connectivity index (χ3v) is 6.66. The number of halogens is 1. The minimum Gasteiger partial charge on any atom is -0.497 e. The van der Waals surface area contributed by atoms with Crippen LogP contribution in [0.4, 0.5) is 4.39 Å². The molecule has 0 radical (unpaired) electrons. The summed E-state index contributed by atoms with van der Waals surface area (Å²) in [6.07, 6.45) is 0. The van der Waals surface area contributed by atoms with Crippen LogP contribution in [0.2, 0.25) is 0 Å². The van der Waals surface area contributed by atoms with Crippen molar-refractivity contribution in [2.24, 2.45) is 5.92 Å². The Kier molecular flexibility index (Phi) is 8.99. The molecular weight excluding hydrogens is 501 g/mol. The second-order valence-electron chi connectivity index (χ2n) is 8.62. The summed E-state index contributed by atoms with van der Waals surface area (Å²) in [6.45, 7) is 4.58. The van der Waals surface area contributed by atoms with Crippen molar-refractivity contribution in [3.05, 3.63) is 77.6 Å². The number of hydrogen-bond donors (Lipinski definition) is 0. The van der Waals surface area contributed by atoms with Crippen molar-refractivity contribution in [3.63, 3.8) is 0 Å². The standard InChI is InChI=1S/C27H30FNO7S/c1-18(2)16-29(27(30)23-12-9-21(33-3)15-25(23)35-5)17-19-6-13-24(34-4)26(14-19)36-37(31,32)22-10-7-20(28)8-11-22/h6-15,18H,16-17H2,1-5H3. The third-order valence-electron chi connectivity index (χ3n) is 5.42. The number of carbonyl (C=O) groups is 1. The highest BCUT2D eigenvalue weighted by atomic mass is 32.2. The van der Waals surface area contributed by atoms with Gasteiger partial charge in [0, 0.05) is 19.2 Å². The molecule has 0 saturated carbocycles. The van der Waals surface area contributed by atoms with Crippen LogP contribution in [0.5, 0.6) is 23.0 Å². The van der Waals surface area contributed by atoms with Crippen LogP contribution < -0.4 is 18.4 Å². The van der Waals surface area contributed by atoms with E-state index in [0.717, 1.165) is 24.3 Å². The minimum atomic E-state index is -4.26. The molecule has 0 saturated heterocycles. The number of rotatable bonds is 11. The van der Waals surface area contributed by atoms with Gasteiger partial charge in [-0.3, -0.25) is 4.79 Å². The summed E-state index contributed by atoms with van der Waals surface area (Å²) in [5.41, 5.74) is 0.986. The number of methoxy groups -OCH3 is 3. The average molecular weight is 532 g/mol. The second kappa shape index (κ2) is 12.0. The highest BCUT2D eigenvalue weighted by Gasteiger charge is 2.24. The van der Waals surface area contributed by atoms with Crippen LogP contribution in [0.1, 0.15) is 29.8 Å². The highest BCUT2D eigenvalue weighted by molar-refractivity contribution is 7.87. The topological polar surface area (TPSA) is 91.4 Å². The monoisotopic (exact) mass is 531 g/mol. The molecule has 0 bridgehead atoms. The minimum absolute atomic E-state index is 0.0525. The van der Waals surface area contributed by atoms with Gasteiger partial charge >= 0.3 is 10.1 Å². The Balaban J connectivity index is 1.93. The first-order valence-corrected chi connectivity index (χ1v) is 12.9. The van der Waals surface area contributed by atoms with Crippen molar-refractivity contribution in [3.8, 4) is 23.0 Å². The van der Waals surface area contributed by atoms with Gasteiger partial charge in [0.1, 0.15) is 22.2 Å². The third kappa shape index (κ3) is 6.91. The van der Waals surface area contributed by atoms with E-state index in [1.807, 2.05) is 13.8 Å². The molecule has 198 valence electrons. The quantitative estimate of drug-likeness (QED) is 0.325. The molecule has 0 unspecified atom stereocenters. The van der Waals surface area contributed by atoms with Gasteiger partial charge in [-0.05, 0) is 60.0 Å². The molecule has 8 nitrogen and oxygen atoms in total. The van der Waals surface area contributed by atoms with E-state index in [4.69, 9.17) is 18.4 Å². The fraction of sp³-hybridized carbons (Fsp3) is 0.296. The van der Waals surface area contributed by atoms with Crippen molar-refractivity contribution < 1.29 is 36.0 Å². The summed E-state index contributed by atoms with van der Waals surface area (Å²) in [4.78, 5) is 15.0. The number of benzene rings is 3. The van der Waals surface area contributed by atoms with Crippen molar-refractivity contribution in [1.82, 2.24) is 4.90 Å². The molecule has 0 aliphatic heterocycles. The Morgan fingerprint density at radius 2 is 1.54 bits per heavy atom. The molecule has 0 atom stereocenters. The molecular formula is C27H30FNO7S. The van der Waals surface area contributed by atoms with E-state index in [1.54, 1.807) is 35.2 Å². The lowest BCUT2D eigenvalue weighted by atomic mass is 10.1. The Hall–Kier alpha value is -3.79. The lowest BCUT2D eigenvalue weighted by Crippen LogP contribution is -2.34. The zero-order chi connectivity index (χ0) is 27.2. The molecule has 0 heterocycles. The van der Waals surface area contributed by atoms with Crippen LogP contribution in [0.15, 0.2) is 65.6 Å². The molecule has 0 N–H and O–H groups in total. The number of amides is 1. The highest BCUT2D eigenvalue weighted by Crippen LogP contribution is 2.32. The number of hydrogen-bond acceptors (Lipinski definition) is 7. The van der Waals surface area contributed by atoms with Gasteiger partial charge in [-0.15, -0.1) is 0 Å². The molecule has 10 heteroatoms. The number of nitrogens with zero attached hydrogens (tertiary/aromatic N) is 1. The molecule has 37 heavy (non-hydrogen) atoms. The molecule has 0 aliphatic carbocycles. The van der Waals surface area contributed by atoms with Gasteiger partial charge in [0.2, 0.25) is 0 Å². The van der Waals surface area contributed by atoms with Gasteiger partial charge in [0.15, 0.2) is 11.5 Å². The normalized spacial score (nSPS) is 11.2. The maximum Gasteiger partial charge on any atom is 0.339 e.